The molecule has 0 bridgehead atoms. The summed E-state index contributed by atoms with van der Waals surface area (Å²) in [6.45, 7) is 4.98. The van der Waals surface area contributed by atoms with Crippen LogP contribution in [0.4, 0.5) is 0 Å². The third kappa shape index (κ3) is 3.20. The summed E-state index contributed by atoms with van der Waals surface area (Å²) in [4.78, 5) is 0. The average Bonchev–Trinajstić information content (AvgIpc) is 2.87. The Labute approximate surface area is 120 Å². The van der Waals surface area contributed by atoms with E-state index in [9.17, 15) is 5.11 Å². The molecule has 0 radical (unpaired) electrons. The molecule has 0 fully saturated rings. The number of nitrogens with zero attached hydrogens (tertiary/aromatic N) is 2. The van der Waals surface area contributed by atoms with Crippen LogP contribution in [0.2, 0.25) is 0 Å². The van der Waals surface area contributed by atoms with Gasteiger partial charge in [0.05, 0.1) is 23.6 Å². The first-order valence-electron chi connectivity index (χ1n) is 7.16. The molecule has 0 spiro atoms. The van der Waals surface area contributed by atoms with Crippen molar-refractivity contribution >= 4 is 10.9 Å². The minimum absolute atomic E-state index is 0.0722. The van der Waals surface area contributed by atoms with Crippen molar-refractivity contribution in [2.45, 2.75) is 46.3 Å². The zero-order valence-electron chi connectivity index (χ0n) is 12.3. The molecule has 1 N–H and O–H groups in total. The van der Waals surface area contributed by atoms with Crippen molar-refractivity contribution < 1.29 is 5.11 Å². The predicted octanol–water partition coefficient (Wildman–Crippen LogP) is 3.85. The van der Waals surface area contributed by atoms with E-state index in [1.807, 2.05) is 26.0 Å². The van der Waals surface area contributed by atoms with Crippen molar-refractivity contribution in [1.29, 1.82) is 5.26 Å². The van der Waals surface area contributed by atoms with E-state index >= 15 is 0 Å². The molecule has 1 aromatic carbocycles. The Balaban J connectivity index is 2.02. The predicted molar refractivity (Wildman–Crippen MR) is 81.1 cm³/mol. The smallest absolute Gasteiger partial charge is 0.0702 e. The molecule has 1 aromatic heterocycles. The van der Waals surface area contributed by atoms with Crippen molar-refractivity contribution in [3.05, 3.63) is 36.0 Å². The van der Waals surface area contributed by atoms with E-state index in [-0.39, 0.29) is 12.0 Å². The van der Waals surface area contributed by atoms with Gasteiger partial charge in [-0.15, -0.1) is 0 Å². The van der Waals surface area contributed by atoms with E-state index in [0.717, 1.165) is 36.9 Å². The summed E-state index contributed by atoms with van der Waals surface area (Å²) in [7, 11) is 0. The summed E-state index contributed by atoms with van der Waals surface area (Å²) in [5, 5.41) is 19.6. The first kappa shape index (κ1) is 14.6. The summed E-state index contributed by atoms with van der Waals surface area (Å²) in [6.07, 6.45) is 5.10. The van der Waals surface area contributed by atoms with Gasteiger partial charge >= 0.3 is 0 Å². The second-order valence-electron chi connectivity index (χ2n) is 5.98. The van der Waals surface area contributed by atoms with Crippen molar-refractivity contribution in [1.82, 2.24) is 4.57 Å². The quantitative estimate of drug-likeness (QED) is 0.810. The minimum Gasteiger partial charge on any atom is -0.392 e. The van der Waals surface area contributed by atoms with Crippen LogP contribution < -0.4 is 0 Å². The highest BCUT2D eigenvalue weighted by atomic mass is 16.3. The lowest BCUT2D eigenvalue weighted by Crippen LogP contribution is -2.08. The van der Waals surface area contributed by atoms with Crippen molar-refractivity contribution in [2.75, 3.05) is 0 Å². The second kappa shape index (κ2) is 6.11. The summed E-state index contributed by atoms with van der Waals surface area (Å²) < 4.78 is 2.21. The molecule has 0 atom stereocenters. The molecule has 106 valence electrons. The number of unbranched alkanes of at least 4 members (excludes halogenated alkanes) is 1. The highest BCUT2D eigenvalue weighted by Crippen LogP contribution is 2.24. The Morgan fingerprint density at radius 2 is 2.05 bits per heavy atom. The SMILES string of the molecule is CC(C)(C#N)CCCCn1ccc2cccc(CO)c21. The molecule has 0 saturated carbocycles. The second-order valence-corrected chi connectivity index (χ2v) is 5.98. The van der Waals surface area contributed by atoms with Gasteiger partial charge in [0, 0.05) is 18.3 Å². The van der Waals surface area contributed by atoms with Crippen LogP contribution in [0.25, 0.3) is 10.9 Å². The van der Waals surface area contributed by atoms with Gasteiger partial charge in [-0.2, -0.15) is 5.26 Å². The Hall–Kier alpha value is -1.79. The fourth-order valence-corrected chi connectivity index (χ4v) is 2.56. The molecule has 1 heterocycles. The Kier molecular flexibility index (Phi) is 4.46. The molecule has 0 amide bonds. The Morgan fingerprint density at radius 3 is 2.75 bits per heavy atom. The van der Waals surface area contributed by atoms with Crippen molar-refractivity contribution in [3.63, 3.8) is 0 Å². The maximum Gasteiger partial charge on any atom is 0.0702 e. The lowest BCUT2D eigenvalue weighted by atomic mass is 9.89. The summed E-state index contributed by atoms with van der Waals surface area (Å²) in [5.41, 5.74) is 1.88. The minimum atomic E-state index is -0.227. The molecule has 2 aromatic rings. The monoisotopic (exact) mass is 270 g/mol. The number of hydrogen-bond donors (Lipinski definition) is 1. The van der Waals surface area contributed by atoms with Gasteiger partial charge < -0.3 is 9.67 Å². The topological polar surface area (TPSA) is 49.0 Å². The third-order valence-electron chi connectivity index (χ3n) is 3.80. The van der Waals surface area contributed by atoms with E-state index in [2.05, 4.69) is 29.0 Å². The summed E-state index contributed by atoms with van der Waals surface area (Å²) in [5.74, 6) is 0. The number of aryl methyl sites for hydroxylation is 1. The number of benzene rings is 1. The Morgan fingerprint density at radius 1 is 1.25 bits per heavy atom. The number of rotatable bonds is 6. The number of aliphatic hydroxyl groups excluding tert-OH is 1. The molecule has 2 rings (SSSR count). The molecule has 0 aliphatic heterocycles. The maximum absolute atomic E-state index is 9.44. The molecule has 0 aliphatic carbocycles. The molecular weight excluding hydrogens is 248 g/mol. The van der Waals surface area contributed by atoms with Crippen LogP contribution in [-0.4, -0.2) is 9.67 Å². The maximum atomic E-state index is 9.44. The first-order valence-corrected chi connectivity index (χ1v) is 7.16. The van der Waals surface area contributed by atoms with Crippen molar-refractivity contribution in [3.8, 4) is 6.07 Å². The highest BCUT2D eigenvalue weighted by molar-refractivity contribution is 5.83. The molecule has 3 heteroatoms. The standard InChI is InChI=1S/C17H22N2O/c1-17(2,13-18)9-3-4-10-19-11-8-14-6-5-7-15(12-20)16(14)19/h5-8,11,20H,3-4,9-10,12H2,1-2H3. The third-order valence-corrected chi connectivity index (χ3v) is 3.80. The molecule has 3 nitrogen and oxygen atoms in total. The zero-order chi connectivity index (χ0) is 14.6. The lowest BCUT2D eigenvalue weighted by molar-refractivity contribution is 0.283. The van der Waals surface area contributed by atoms with E-state index in [4.69, 9.17) is 5.26 Å². The number of fused-ring (bicyclic) bond motifs is 1. The summed E-state index contributed by atoms with van der Waals surface area (Å²) >= 11 is 0. The number of hydrogen-bond acceptors (Lipinski definition) is 2. The van der Waals surface area contributed by atoms with E-state index in [0.29, 0.717) is 0 Å². The lowest BCUT2D eigenvalue weighted by Gasteiger charge is -2.15. The van der Waals surface area contributed by atoms with Crippen LogP contribution in [0.1, 0.15) is 38.7 Å². The van der Waals surface area contributed by atoms with Crippen LogP contribution in [0.5, 0.6) is 0 Å². The average molecular weight is 270 g/mol. The van der Waals surface area contributed by atoms with Gasteiger partial charge in [-0.3, -0.25) is 0 Å². The van der Waals surface area contributed by atoms with Gasteiger partial charge in [0.2, 0.25) is 0 Å². The molecular formula is C17H22N2O. The van der Waals surface area contributed by atoms with Gasteiger partial charge in [-0.05, 0) is 38.1 Å². The number of aromatic nitrogens is 1. The van der Waals surface area contributed by atoms with Gasteiger partial charge in [-0.25, -0.2) is 0 Å². The van der Waals surface area contributed by atoms with Crippen LogP contribution in [0.3, 0.4) is 0 Å². The van der Waals surface area contributed by atoms with Gasteiger partial charge in [0.15, 0.2) is 0 Å². The van der Waals surface area contributed by atoms with Gasteiger partial charge in [0.25, 0.3) is 0 Å². The normalized spacial score (nSPS) is 11.7. The molecule has 0 aliphatic rings. The van der Waals surface area contributed by atoms with Gasteiger partial charge in [-0.1, -0.05) is 24.6 Å². The van der Waals surface area contributed by atoms with Crippen LogP contribution in [0.15, 0.2) is 30.5 Å². The highest BCUT2D eigenvalue weighted by Gasteiger charge is 2.15. The van der Waals surface area contributed by atoms with Crippen LogP contribution in [0, 0.1) is 16.7 Å². The first-order chi connectivity index (χ1) is 9.57. The van der Waals surface area contributed by atoms with E-state index < -0.39 is 0 Å². The molecule has 20 heavy (non-hydrogen) atoms. The van der Waals surface area contributed by atoms with Crippen molar-refractivity contribution in [2.24, 2.45) is 5.41 Å². The van der Waals surface area contributed by atoms with E-state index in [1.165, 1.54) is 5.39 Å². The fourth-order valence-electron chi connectivity index (χ4n) is 2.56. The van der Waals surface area contributed by atoms with E-state index in [1.54, 1.807) is 0 Å². The largest absolute Gasteiger partial charge is 0.392 e. The fraction of sp³-hybridized carbons (Fsp3) is 0.471. The summed E-state index contributed by atoms with van der Waals surface area (Å²) in [6, 6.07) is 10.5. The van der Waals surface area contributed by atoms with Crippen LogP contribution >= 0.6 is 0 Å². The van der Waals surface area contributed by atoms with Crippen LogP contribution in [-0.2, 0) is 13.2 Å². The molecule has 0 saturated heterocycles. The van der Waals surface area contributed by atoms with Gasteiger partial charge in [0.1, 0.15) is 0 Å². The zero-order valence-corrected chi connectivity index (χ0v) is 12.3. The Bertz CT molecular complexity index is 619. The number of aliphatic hydroxyl groups is 1. The number of para-hydroxylation sites is 1. The molecule has 0 unspecified atom stereocenters. The number of nitriles is 1.